The lowest BCUT2D eigenvalue weighted by Gasteiger charge is -2.40. The Balaban J connectivity index is 2.15. The number of hydrogen-bond donors (Lipinski definition) is 1. The molecule has 0 aromatic rings. The van der Waals surface area contributed by atoms with Crippen LogP contribution in [0.4, 0.5) is 4.79 Å². The number of carbonyl (C=O) groups is 1. The molecule has 1 amide bonds. The minimum Gasteiger partial charge on any atom is -0.444 e. The van der Waals surface area contributed by atoms with Gasteiger partial charge in [-0.25, -0.2) is 4.79 Å². The lowest BCUT2D eigenvalue weighted by Crippen LogP contribution is -2.61. The van der Waals surface area contributed by atoms with Crippen molar-refractivity contribution in [2.75, 3.05) is 6.54 Å². The lowest BCUT2D eigenvalue weighted by molar-refractivity contribution is -0.147. The quantitative estimate of drug-likeness (QED) is 0.684. The van der Waals surface area contributed by atoms with Gasteiger partial charge < -0.3 is 19.9 Å². The van der Waals surface area contributed by atoms with Crippen molar-refractivity contribution in [1.29, 1.82) is 0 Å². The van der Waals surface area contributed by atoms with E-state index >= 15 is 0 Å². The van der Waals surface area contributed by atoms with Gasteiger partial charge in [-0.1, -0.05) is 6.58 Å². The van der Waals surface area contributed by atoms with Gasteiger partial charge in [0.05, 0.1) is 0 Å². The molecule has 0 spiro atoms. The molecule has 3 atom stereocenters. The molecule has 2 fully saturated rings. The van der Waals surface area contributed by atoms with Crippen LogP contribution in [0.3, 0.4) is 0 Å². The Morgan fingerprint density at radius 1 is 1.45 bits per heavy atom. The first-order valence-electron chi connectivity index (χ1n) is 6.79. The predicted molar refractivity (Wildman–Crippen MR) is 73.9 cm³/mol. The SMILES string of the molecule is C=C1CN(C(=O)OC(C)(C)C)C(N)C2OC(C)(C)OC12. The summed E-state index contributed by atoms with van der Waals surface area (Å²) in [4.78, 5) is 13.6. The molecular formula is C14H24N2O4. The maximum absolute atomic E-state index is 12.2. The number of nitrogens with two attached hydrogens (primary N) is 1. The summed E-state index contributed by atoms with van der Waals surface area (Å²) in [6, 6.07) is 0. The summed E-state index contributed by atoms with van der Waals surface area (Å²) in [5, 5.41) is 0. The zero-order chi connectivity index (χ0) is 15.3. The van der Waals surface area contributed by atoms with E-state index in [1.807, 2.05) is 34.6 Å². The second-order valence-electron chi connectivity index (χ2n) is 6.78. The van der Waals surface area contributed by atoms with Gasteiger partial charge in [0.2, 0.25) is 0 Å². The molecule has 2 N–H and O–H groups in total. The highest BCUT2D eigenvalue weighted by Crippen LogP contribution is 2.37. The lowest BCUT2D eigenvalue weighted by atomic mass is 9.98. The summed E-state index contributed by atoms with van der Waals surface area (Å²) >= 11 is 0. The second kappa shape index (κ2) is 4.72. The van der Waals surface area contributed by atoms with Gasteiger partial charge in [0.1, 0.15) is 24.0 Å². The van der Waals surface area contributed by atoms with Crippen LogP contribution in [0, 0.1) is 0 Å². The molecule has 0 aliphatic carbocycles. The molecule has 0 saturated carbocycles. The minimum absolute atomic E-state index is 0.279. The van der Waals surface area contributed by atoms with Gasteiger partial charge in [0.15, 0.2) is 5.79 Å². The van der Waals surface area contributed by atoms with Crippen molar-refractivity contribution in [2.45, 2.75) is 64.4 Å². The fraction of sp³-hybridized carbons (Fsp3) is 0.786. The highest BCUT2D eigenvalue weighted by atomic mass is 16.8. The zero-order valence-electron chi connectivity index (χ0n) is 12.8. The van der Waals surface area contributed by atoms with Gasteiger partial charge in [-0.2, -0.15) is 0 Å². The minimum atomic E-state index is -0.722. The third kappa shape index (κ3) is 2.97. The standard InChI is InChI=1S/C14H24N2O4/c1-8-7-16(12(17)20-13(2,3)4)11(15)10-9(8)18-14(5,6)19-10/h9-11H,1,7,15H2,2-6H3. The first-order chi connectivity index (χ1) is 9.00. The monoisotopic (exact) mass is 284 g/mol. The van der Waals surface area contributed by atoms with Crippen LogP contribution in [0.1, 0.15) is 34.6 Å². The van der Waals surface area contributed by atoms with E-state index in [9.17, 15) is 4.79 Å². The number of carbonyl (C=O) groups excluding carboxylic acids is 1. The number of rotatable bonds is 0. The maximum atomic E-state index is 12.2. The molecule has 0 aromatic carbocycles. The highest BCUT2D eigenvalue weighted by molar-refractivity contribution is 5.69. The summed E-state index contributed by atoms with van der Waals surface area (Å²) in [6.45, 7) is 13.4. The van der Waals surface area contributed by atoms with E-state index in [4.69, 9.17) is 19.9 Å². The maximum Gasteiger partial charge on any atom is 0.411 e. The van der Waals surface area contributed by atoms with Crippen molar-refractivity contribution in [1.82, 2.24) is 4.90 Å². The topological polar surface area (TPSA) is 74.0 Å². The van der Waals surface area contributed by atoms with Crippen LogP contribution < -0.4 is 5.73 Å². The van der Waals surface area contributed by atoms with Crippen LogP contribution in [0.25, 0.3) is 0 Å². The van der Waals surface area contributed by atoms with Crippen LogP contribution in [0.15, 0.2) is 12.2 Å². The van der Waals surface area contributed by atoms with Gasteiger partial charge in [0.25, 0.3) is 0 Å². The normalized spacial score (nSPS) is 33.0. The Labute approximate surface area is 119 Å². The molecule has 2 rings (SSSR count). The van der Waals surface area contributed by atoms with Gasteiger partial charge in [-0.3, -0.25) is 4.90 Å². The molecule has 2 heterocycles. The van der Waals surface area contributed by atoms with Crippen molar-refractivity contribution in [3.63, 3.8) is 0 Å². The number of fused-ring (bicyclic) bond motifs is 1. The Kier molecular flexibility index (Phi) is 3.60. The second-order valence-corrected chi connectivity index (χ2v) is 6.78. The van der Waals surface area contributed by atoms with Gasteiger partial charge in [0, 0.05) is 6.54 Å². The molecule has 2 aliphatic heterocycles. The number of nitrogens with zero attached hydrogens (tertiary/aromatic N) is 1. The fourth-order valence-electron chi connectivity index (χ4n) is 2.45. The summed E-state index contributed by atoms with van der Waals surface area (Å²) < 4.78 is 16.9. The van der Waals surface area contributed by atoms with Crippen LogP contribution in [-0.4, -0.2) is 47.3 Å². The number of amides is 1. The average molecular weight is 284 g/mol. The molecule has 6 heteroatoms. The Morgan fingerprint density at radius 2 is 2.05 bits per heavy atom. The summed E-state index contributed by atoms with van der Waals surface area (Å²) in [5.41, 5.74) is 6.35. The van der Waals surface area contributed by atoms with Gasteiger partial charge in [-0.15, -0.1) is 0 Å². The first kappa shape index (κ1) is 15.3. The van der Waals surface area contributed by atoms with Crippen molar-refractivity contribution < 1.29 is 19.0 Å². The van der Waals surface area contributed by atoms with Crippen molar-refractivity contribution in [3.8, 4) is 0 Å². The number of likely N-dealkylation sites (tertiary alicyclic amines) is 1. The van der Waals surface area contributed by atoms with Crippen LogP contribution in [-0.2, 0) is 14.2 Å². The predicted octanol–water partition coefficient (Wildman–Crippen LogP) is 1.60. The number of piperidine rings is 1. The van der Waals surface area contributed by atoms with E-state index in [-0.39, 0.29) is 6.10 Å². The van der Waals surface area contributed by atoms with Crippen LogP contribution in [0.5, 0.6) is 0 Å². The van der Waals surface area contributed by atoms with Gasteiger partial charge >= 0.3 is 6.09 Å². The summed E-state index contributed by atoms with van der Waals surface area (Å²) in [5.74, 6) is -0.722. The van der Waals surface area contributed by atoms with E-state index in [1.165, 1.54) is 4.90 Å². The molecular weight excluding hydrogens is 260 g/mol. The van der Waals surface area contributed by atoms with Crippen molar-refractivity contribution in [3.05, 3.63) is 12.2 Å². The third-order valence-corrected chi connectivity index (χ3v) is 3.23. The highest BCUT2D eigenvalue weighted by Gasteiger charge is 2.51. The van der Waals surface area contributed by atoms with E-state index in [2.05, 4.69) is 6.58 Å². The van der Waals surface area contributed by atoms with E-state index in [0.717, 1.165) is 5.57 Å². The molecule has 6 nitrogen and oxygen atoms in total. The van der Waals surface area contributed by atoms with Crippen molar-refractivity contribution in [2.24, 2.45) is 5.73 Å². The number of ether oxygens (including phenoxy) is 3. The van der Waals surface area contributed by atoms with E-state index in [1.54, 1.807) is 0 Å². The van der Waals surface area contributed by atoms with Crippen LogP contribution >= 0.6 is 0 Å². The van der Waals surface area contributed by atoms with Gasteiger partial charge in [-0.05, 0) is 40.2 Å². The summed E-state index contributed by atoms with van der Waals surface area (Å²) in [6.07, 6.45) is -1.77. The van der Waals surface area contributed by atoms with E-state index in [0.29, 0.717) is 6.54 Å². The zero-order valence-corrected chi connectivity index (χ0v) is 12.8. The smallest absolute Gasteiger partial charge is 0.411 e. The first-order valence-corrected chi connectivity index (χ1v) is 6.79. The summed E-state index contributed by atoms with van der Waals surface area (Å²) in [7, 11) is 0. The van der Waals surface area contributed by atoms with Crippen LogP contribution in [0.2, 0.25) is 0 Å². The number of hydrogen-bond acceptors (Lipinski definition) is 5. The largest absolute Gasteiger partial charge is 0.444 e. The Morgan fingerprint density at radius 3 is 2.60 bits per heavy atom. The molecule has 2 aliphatic rings. The molecule has 20 heavy (non-hydrogen) atoms. The third-order valence-electron chi connectivity index (χ3n) is 3.23. The molecule has 0 radical (unpaired) electrons. The van der Waals surface area contributed by atoms with Crippen molar-refractivity contribution >= 4 is 6.09 Å². The Hall–Kier alpha value is -1.11. The molecule has 3 unspecified atom stereocenters. The molecule has 0 bridgehead atoms. The molecule has 2 saturated heterocycles. The molecule has 114 valence electrons. The molecule has 0 aromatic heterocycles. The fourth-order valence-corrected chi connectivity index (χ4v) is 2.45. The Bertz CT molecular complexity index is 427. The van der Waals surface area contributed by atoms with E-state index < -0.39 is 29.8 Å². The average Bonchev–Trinajstić information content (AvgIpc) is 2.57.